The van der Waals surface area contributed by atoms with Crippen molar-refractivity contribution in [2.45, 2.75) is 19.4 Å². The van der Waals surface area contributed by atoms with Crippen molar-refractivity contribution < 1.29 is 13.6 Å². The van der Waals surface area contributed by atoms with Gasteiger partial charge in [-0.15, -0.1) is 6.42 Å². The lowest BCUT2D eigenvalue weighted by molar-refractivity contribution is -0.119. The monoisotopic (exact) mass is 292 g/mol. The van der Waals surface area contributed by atoms with Gasteiger partial charge in [0.2, 0.25) is 0 Å². The topological polar surface area (TPSA) is 34.4 Å². The van der Waals surface area contributed by atoms with Gasteiger partial charge in [-0.25, -0.2) is 8.78 Å². The SMILES string of the molecule is C#CCn1c(=NC(=O)C2CC2)sc2cc(F)cc(F)c21. The molecule has 0 spiro atoms. The van der Waals surface area contributed by atoms with Crippen molar-refractivity contribution in [3.05, 3.63) is 28.6 Å². The summed E-state index contributed by atoms with van der Waals surface area (Å²) >= 11 is 1.07. The number of halogens is 2. The highest BCUT2D eigenvalue weighted by molar-refractivity contribution is 7.16. The summed E-state index contributed by atoms with van der Waals surface area (Å²) in [5.74, 6) is 0.790. The number of terminal acetylenes is 1. The van der Waals surface area contributed by atoms with Crippen molar-refractivity contribution in [2.75, 3.05) is 0 Å². The zero-order valence-electron chi connectivity index (χ0n) is 10.4. The summed E-state index contributed by atoms with van der Waals surface area (Å²) in [5.41, 5.74) is 0.191. The summed E-state index contributed by atoms with van der Waals surface area (Å²) in [6, 6.07) is 2.02. The van der Waals surface area contributed by atoms with E-state index in [1.54, 1.807) is 0 Å². The minimum absolute atomic E-state index is 0.0268. The van der Waals surface area contributed by atoms with Crippen LogP contribution in [0.2, 0.25) is 0 Å². The summed E-state index contributed by atoms with van der Waals surface area (Å²) in [7, 11) is 0. The molecule has 2 aromatic rings. The van der Waals surface area contributed by atoms with Crippen LogP contribution in [-0.2, 0) is 11.3 Å². The minimum Gasteiger partial charge on any atom is -0.302 e. The number of fused-ring (bicyclic) bond motifs is 1. The van der Waals surface area contributed by atoms with Gasteiger partial charge in [0.1, 0.15) is 5.82 Å². The van der Waals surface area contributed by atoms with E-state index in [1.807, 2.05) is 0 Å². The summed E-state index contributed by atoms with van der Waals surface area (Å²) in [4.78, 5) is 16.1. The molecule has 102 valence electrons. The molecule has 0 saturated heterocycles. The second-order valence-electron chi connectivity index (χ2n) is 4.63. The Hall–Kier alpha value is -2.00. The van der Waals surface area contributed by atoms with Crippen LogP contribution >= 0.6 is 11.3 Å². The molecule has 3 nitrogen and oxygen atoms in total. The molecule has 1 aromatic carbocycles. The molecule has 1 aliphatic rings. The predicted molar refractivity (Wildman–Crippen MR) is 71.9 cm³/mol. The average molecular weight is 292 g/mol. The van der Waals surface area contributed by atoms with Crippen LogP contribution in [0.4, 0.5) is 8.78 Å². The fourth-order valence-corrected chi connectivity index (χ4v) is 3.04. The molecule has 1 amide bonds. The molecule has 0 aliphatic heterocycles. The summed E-state index contributed by atoms with van der Waals surface area (Å²) in [6.07, 6.45) is 6.95. The molecule has 1 heterocycles. The Labute approximate surface area is 117 Å². The van der Waals surface area contributed by atoms with Crippen LogP contribution in [0.1, 0.15) is 12.8 Å². The van der Waals surface area contributed by atoms with Gasteiger partial charge in [-0.3, -0.25) is 4.79 Å². The molecule has 1 saturated carbocycles. The third-order valence-electron chi connectivity index (χ3n) is 3.08. The third-order valence-corrected chi connectivity index (χ3v) is 4.10. The fourth-order valence-electron chi connectivity index (χ4n) is 1.97. The van der Waals surface area contributed by atoms with Gasteiger partial charge >= 0.3 is 0 Å². The first-order valence-corrected chi connectivity index (χ1v) is 6.92. The van der Waals surface area contributed by atoms with E-state index in [1.165, 1.54) is 10.6 Å². The van der Waals surface area contributed by atoms with E-state index in [0.29, 0.717) is 9.50 Å². The maximum absolute atomic E-state index is 13.9. The van der Waals surface area contributed by atoms with Crippen LogP contribution in [0, 0.1) is 29.9 Å². The first-order chi connectivity index (χ1) is 9.60. The van der Waals surface area contributed by atoms with E-state index in [4.69, 9.17) is 6.42 Å². The van der Waals surface area contributed by atoms with E-state index >= 15 is 0 Å². The Morgan fingerprint density at radius 1 is 1.50 bits per heavy atom. The van der Waals surface area contributed by atoms with Crippen LogP contribution in [0.15, 0.2) is 17.1 Å². The normalized spacial score (nSPS) is 15.6. The van der Waals surface area contributed by atoms with E-state index in [9.17, 15) is 13.6 Å². The largest absolute Gasteiger partial charge is 0.302 e. The number of benzene rings is 1. The second-order valence-corrected chi connectivity index (χ2v) is 5.64. The highest BCUT2D eigenvalue weighted by Crippen LogP contribution is 2.30. The Morgan fingerprint density at radius 2 is 2.25 bits per heavy atom. The first-order valence-electron chi connectivity index (χ1n) is 6.10. The molecular formula is C14H10F2N2OS. The molecule has 20 heavy (non-hydrogen) atoms. The highest BCUT2D eigenvalue weighted by Gasteiger charge is 2.29. The Morgan fingerprint density at radius 3 is 2.90 bits per heavy atom. The van der Waals surface area contributed by atoms with Crippen LogP contribution in [0.5, 0.6) is 0 Å². The summed E-state index contributed by atoms with van der Waals surface area (Å²) < 4.78 is 29.0. The van der Waals surface area contributed by atoms with Gasteiger partial charge in [0, 0.05) is 12.0 Å². The van der Waals surface area contributed by atoms with E-state index in [-0.39, 0.29) is 23.9 Å². The standard InChI is InChI=1S/C14H10F2N2OS/c1-2-5-18-12-10(16)6-9(15)7-11(12)20-14(18)17-13(19)8-3-4-8/h1,6-8H,3-5H2. The molecule has 0 radical (unpaired) electrons. The van der Waals surface area contributed by atoms with Crippen LogP contribution in [0.25, 0.3) is 10.2 Å². The van der Waals surface area contributed by atoms with Crippen molar-refractivity contribution in [3.63, 3.8) is 0 Å². The predicted octanol–water partition coefficient (Wildman–Crippen LogP) is 2.45. The number of rotatable bonds is 2. The van der Waals surface area contributed by atoms with Crippen molar-refractivity contribution in [1.82, 2.24) is 4.57 Å². The molecule has 0 unspecified atom stereocenters. The summed E-state index contributed by atoms with van der Waals surface area (Å²) in [6.45, 7) is 0.0827. The molecule has 6 heteroatoms. The van der Waals surface area contributed by atoms with E-state index in [2.05, 4.69) is 10.9 Å². The molecular weight excluding hydrogens is 282 g/mol. The zero-order chi connectivity index (χ0) is 14.3. The number of hydrogen-bond acceptors (Lipinski definition) is 2. The third kappa shape index (κ3) is 2.25. The number of carbonyl (C=O) groups excluding carboxylic acids is 1. The smallest absolute Gasteiger partial charge is 0.251 e. The number of hydrogen-bond donors (Lipinski definition) is 0. The molecule has 3 rings (SSSR count). The quantitative estimate of drug-likeness (QED) is 0.783. The number of aromatic nitrogens is 1. The average Bonchev–Trinajstić information content (AvgIpc) is 3.16. The van der Waals surface area contributed by atoms with Gasteiger partial charge in [0.05, 0.1) is 16.8 Å². The van der Waals surface area contributed by atoms with Crippen LogP contribution in [0.3, 0.4) is 0 Å². The van der Waals surface area contributed by atoms with Gasteiger partial charge in [-0.1, -0.05) is 17.3 Å². The van der Waals surface area contributed by atoms with Crippen molar-refractivity contribution in [2.24, 2.45) is 10.9 Å². The second kappa shape index (κ2) is 4.84. The van der Waals surface area contributed by atoms with Gasteiger partial charge in [0.15, 0.2) is 10.6 Å². The van der Waals surface area contributed by atoms with Crippen molar-refractivity contribution in [3.8, 4) is 12.3 Å². The van der Waals surface area contributed by atoms with E-state index in [0.717, 1.165) is 30.2 Å². The number of thiazole rings is 1. The minimum atomic E-state index is -0.702. The highest BCUT2D eigenvalue weighted by atomic mass is 32.1. The van der Waals surface area contributed by atoms with Crippen LogP contribution in [-0.4, -0.2) is 10.5 Å². The number of nitrogens with zero attached hydrogens (tertiary/aromatic N) is 2. The maximum Gasteiger partial charge on any atom is 0.251 e. The van der Waals surface area contributed by atoms with Crippen molar-refractivity contribution >= 4 is 27.5 Å². The van der Waals surface area contributed by atoms with Crippen molar-refractivity contribution in [1.29, 1.82) is 0 Å². The first kappa shape index (κ1) is 13.0. The zero-order valence-corrected chi connectivity index (χ0v) is 11.2. The fraction of sp³-hybridized carbons (Fsp3) is 0.286. The Kier molecular flexibility index (Phi) is 3.14. The van der Waals surface area contributed by atoms with Gasteiger partial charge in [-0.2, -0.15) is 4.99 Å². The maximum atomic E-state index is 13.9. The molecule has 1 aromatic heterocycles. The molecule has 1 aliphatic carbocycles. The van der Waals surface area contributed by atoms with Gasteiger partial charge < -0.3 is 4.57 Å². The van der Waals surface area contributed by atoms with Gasteiger partial charge in [0.25, 0.3) is 5.91 Å². The Bertz CT molecular complexity index is 809. The lowest BCUT2D eigenvalue weighted by Gasteiger charge is -2.01. The molecule has 0 bridgehead atoms. The molecule has 0 atom stereocenters. The molecule has 1 fully saturated rings. The Balaban J connectivity index is 2.25. The number of carbonyl (C=O) groups is 1. The van der Waals surface area contributed by atoms with Crippen LogP contribution < -0.4 is 4.80 Å². The summed E-state index contributed by atoms with van der Waals surface area (Å²) in [5, 5.41) is 0. The van der Waals surface area contributed by atoms with E-state index < -0.39 is 11.6 Å². The lowest BCUT2D eigenvalue weighted by Crippen LogP contribution is -2.17. The lowest BCUT2D eigenvalue weighted by atomic mass is 10.3. The number of amides is 1. The van der Waals surface area contributed by atoms with Gasteiger partial charge in [-0.05, 0) is 18.9 Å². The molecule has 0 N–H and O–H groups in total.